The Hall–Kier alpha value is -0.450. The summed E-state index contributed by atoms with van der Waals surface area (Å²) in [6, 6.07) is 4.15. The van der Waals surface area contributed by atoms with Gasteiger partial charge in [-0.3, -0.25) is 9.88 Å². The van der Waals surface area contributed by atoms with Crippen molar-refractivity contribution in [3.8, 4) is 0 Å². The van der Waals surface area contributed by atoms with Gasteiger partial charge in [0.1, 0.15) is 0 Å². The first-order valence-corrected chi connectivity index (χ1v) is 7.18. The summed E-state index contributed by atoms with van der Waals surface area (Å²) in [6.07, 6.45) is 1.87. The topological polar surface area (TPSA) is 28.2 Å². The molecule has 1 aromatic heterocycles. The second kappa shape index (κ2) is 4.91. The van der Waals surface area contributed by atoms with Gasteiger partial charge in [-0.1, -0.05) is 0 Å². The normalized spacial score (nSPS) is 22.9. The van der Waals surface area contributed by atoms with Gasteiger partial charge in [0.2, 0.25) is 0 Å². The molecule has 100 valence electrons. The Labute approximate surface area is 118 Å². The van der Waals surface area contributed by atoms with Gasteiger partial charge >= 0.3 is 0 Å². The van der Waals surface area contributed by atoms with Gasteiger partial charge in [0.25, 0.3) is 0 Å². The molecule has 0 radical (unpaired) electrons. The first-order chi connectivity index (χ1) is 8.28. The molecule has 0 unspecified atom stereocenters. The zero-order valence-corrected chi connectivity index (χ0v) is 13.2. The average Bonchev–Trinajstić information content (AvgIpc) is 2.27. The van der Waals surface area contributed by atoms with Crippen LogP contribution in [0, 0.1) is 0 Å². The van der Waals surface area contributed by atoms with Crippen molar-refractivity contribution in [1.29, 1.82) is 0 Å². The Morgan fingerprint density at radius 1 is 1.33 bits per heavy atom. The zero-order valence-electron chi connectivity index (χ0n) is 11.6. The second-order valence-electron chi connectivity index (χ2n) is 6.37. The molecule has 0 bridgehead atoms. The van der Waals surface area contributed by atoms with Gasteiger partial charge in [-0.25, -0.2) is 0 Å². The number of halogens is 1. The number of hydrogen-bond donors (Lipinski definition) is 1. The molecule has 1 aliphatic rings. The standard InChI is InChI=1S/C14H22BrN3/c1-13(2)10-18(14(3,4)9-17-13)8-12-6-5-11(15)7-16-12/h5-7,17H,8-10H2,1-4H3. The fourth-order valence-electron chi connectivity index (χ4n) is 2.28. The first-order valence-electron chi connectivity index (χ1n) is 6.39. The summed E-state index contributed by atoms with van der Waals surface area (Å²) in [4.78, 5) is 6.99. The van der Waals surface area contributed by atoms with Gasteiger partial charge in [0.05, 0.1) is 5.69 Å². The van der Waals surface area contributed by atoms with E-state index in [1.807, 2.05) is 6.20 Å². The van der Waals surface area contributed by atoms with Crippen molar-refractivity contribution >= 4 is 15.9 Å². The predicted octanol–water partition coefficient (Wildman–Crippen LogP) is 2.81. The molecule has 0 amide bonds. The third kappa shape index (κ3) is 3.31. The largest absolute Gasteiger partial charge is 0.309 e. The van der Waals surface area contributed by atoms with Crippen LogP contribution in [0.15, 0.2) is 22.8 Å². The zero-order chi connectivity index (χ0) is 13.4. The summed E-state index contributed by atoms with van der Waals surface area (Å²) in [5.41, 5.74) is 1.47. The van der Waals surface area contributed by atoms with E-state index in [1.54, 1.807) is 0 Å². The number of nitrogens with zero attached hydrogens (tertiary/aromatic N) is 2. The Bertz CT molecular complexity index is 412. The van der Waals surface area contributed by atoms with E-state index in [4.69, 9.17) is 0 Å². The highest BCUT2D eigenvalue weighted by Crippen LogP contribution is 2.25. The molecule has 1 aromatic rings. The molecular formula is C14H22BrN3. The highest BCUT2D eigenvalue weighted by atomic mass is 79.9. The molecule has 3 nitrogen and oxygen atoms in total. The van der Waals surface area contributed by atoms with E-state index in [2.05, 4.69) is 71.0 Å². The maximum Gasteiger partial charge on any atom is 0.0545 e. The molecule has 18 heavy (non-hydrogen) atoms. The summed E-state index contributed by atoms with van der Waals surface area (Å²) >= 11 is 3.43. The van der Waals surface area contributed by atoms with Crippen molar-refractivity contribution in [2.75, 3.05) is 13.1 Å². The van der Waals surface area contributed by atoms with E-state index in [-0.39, 0.29) is 11.1 Å². The van der Waals surface area contributed by atoms with Gasteiger partial charge in [-0.05, 0) is 55.8 Å². The molecule has 0 aliphatic carbocycles. The summed E-state index contributed by atoms with van der Waals surface area (Å²) in [7, 11) is 0. The van der Waals surface area contributed by atoms with E-state index < -0.39 is 0 Å². The molecular weight excluding hydrogens is 290 g/mol. The van der Waals surface area contributed by atoms with Crippen LogP contribution in [-0.4, -0.2) is 34.1 Å². The maximum atomic E-state index is 4.48. The van der Waals surface area contributed by atoms with E-state index in [0.29, 0.717) is 0 Å². The van der Waals surface area contributed by atoms with Gasteiger partial charge in [0, 0.05) is 41.4 Å². The summed E-state index contributed by atoms with van der Waals surface area (Å²) < 4.78 is 1.03. The minimum Gasteiger partial charge on any atom is -0.309 e. The van der Waals surface area contributed by atoms with Crippen LogP contribution in [0.4, 0.5) is 0 Å². The lowest BCUT2D eigenvalue weighted by Gasteiger charge is -2.49. The molecule has 1 N–H and O–H groups in total. The Balaban J connectivity index is 2.12. The van der Waals surface area contributed by atoms with Crippen molar-refractivity contribution in [1.82, 2.24) is 15.2 Å². The number of rotatable bonds is 2. The number of aromatic nitrogens is 1. The first kappa shape index (κ1) is 14.0. The SMILES string of the molecule is CC1(C)CN(Cc2ccc(Br)cn2)C(C)(C)CN1. The van der Waals surface area contributed by atoms with Crippen LogP contribution in [0.25, 0.3) is 0 Å². The van der Waals surface area contributed by atoms with Crippen LogP contribution >= 0.6 is 15.9 Å². The number of piperazine rings is 1. The molecule has 1 aliphatic heterocycles. The van der Waals surface area contributed by atoms with E-state index in [1.165, 1.54) is 0 Å². The number of hydrogen-bond acceptors (Lipinski definition) is 3. The van der Waals surface area contributed by atoms with Crippen molar-refractivity contribution in [2.24, 2.45) is 0 Å². The van der Waals surface area contributed by atoms with Gasteiger partial charge < -0.3 is 5.32 Å². The highest BCUT2D eigenvalue weighted by molar-refractivity contribution is 9.10. The van der Waals surface area contributed by atoms with Crippen LogP contribution in [-0.2, 0) is 6.54 Å². The van der Waals surface area contributed by atoms with Crippen LogP contribution < -0.4 is 5.32 Å². The van der Waals surface area contributed by atoms with Crippen molar-refractivity contribution < 1.29 is 0 Å². The molecule has 0 saturated carbocycles. The monoisotopic (exact) mass is 311 g/mol. The van der Waals surface area contributed by atoms with Gasteiger partial charge in [-0.15, -0.1) is 0 Å². The molecule has 0 aromatic carbocycles. The molecule has 4 heteroatoms. The smallest absolute Gasteiger partial charge is 0.0545 e. The quantitative estimate of drug-likeness (QED) is 0.910. The molecule has 2 heterocycles. The van der Waals surface area contributed by atoms with Crippen LogP contribution in [0.1, 0.15) is 33.4 Å². The van der Waals surface area contributed by atoms with Gasteiger partial charge in [-0.2, -0.15) is 0 Å². The average molecular weight is 312 g/mol. The molecule has 2 rings (SSSR count). The Morgan fingerprint density at radius 3 is 2.67 bits per heavy atom. The second-order valence-corrected chi connectivity index (χ2v) is 7.29. The highest BCUT2D eigenvalue weighted by Gasteiger charge is 2.37. The summed E-state index contributed by atoms with van der Waals surface area (Å²) in [5.74, 6) is 0. The molecule has 1 saturated heterocycles. The van der Waals surface area contributed by atoms with Crippen LogP contribution in [0.3, 0.4) is 0 Å². The fraction of sp³-hybridized carbons (Fsp3) is 0.643. The van der Waals surface area contributed by atoms with E-state index >= 15 is 0 Å². The Kier molecular flexibility index (Phi) is 3.81. The maximum absolute atomic E-state index is 4.48. The predicted molar refractivity (Wildman–Crippen MR) is 78.5 cm³/mol. The van der Waals surface area contributed by atoms with Crippen molar-refractivity contribution in [3.63, 3.8) is 0 Å². The third-order valence-corrected chi connectivity index (χ3v) is 4.05. The Morgan fingerprint density at radius 2 is 2.06 bits per heavy atom. The lowest BCUT2D eigenvalue weighted by atomic mass is 9.91. The number of nitrogens with one attached hydrogen (secondary N) is 1. The lowest BCUT2D eigenvalue weighted by Crippen LogP contribution is -2.65. The van der Waals surface area contributed by atoms with Crippen LogP contribution in [0.2, 0.25) is 0 Å². The van der Waals surface area contributed by atoms with Crippen molar-refractivity contribution in [2.45, 2.75) is 45.3 Å². The molecule has 1 fully saturated rings. The number of pyridine rings is 1. The molecule has 0 atom stereocenters. The third-order valence-electron chi connectivity index (χ3n) is 3.58. The van der Waals surface area contributed by atoms with Crippen molar-refractivity contribution in [3.05, 3.63) is 28.5 Å². The van der Waals surface area contributed by atoms with E-state index in [9.17, 15) is 0 Å². The summed E-state index contributed by atoms with van der Waals surface area (Å²) in [6.45, 7) is 12.0. The summed E-state index contributed by atoms with van der Waals surface area (Å²) in [5, 5.41) is 3.60. The minimum absolute atomic E-state index is 0.171. The van der Waals surface area contributed by atoms with Crippen LogP contribution in [0.5, 0.6) is 0 Å². The van der Waals surface area contributed by atoms with Gasteiger partial charge in [0.15, 0.2) is 0 Å². The minimum atomic E-state index is 0.171. The van der Waals surface area contributed by atoms with E-state index in [0.717, 1.165) is 29.8 Å². The lowest BCUT2D eigenvalue weighted by molar-refractivity contribution is 0.0314. The fourth-order valence-corrected chi connectivity index (χ4v) is 2.51. The molecule has 0 spiro atoms.